The molecular weight excluding hydrogens is 220 g/mol. The van der Waals surface area contributed by atoms with Crippen LogP contribution < -0.4 is 0 Å². The molecule has 0 radical (unpaired) electrons. The number of hydrogen-bond donors (Lipinski definition) is 0. The van der Waals surface area contributed by atoms with Crippen LogP contribution in [-0.2, 0) is 0 Å². The Morgan fingerprint density at radius 3 is 2.50 bits per heavy atom. The number of rotatable bonds is 3. The molecule has 0 aliphatic rings. The van der Waals surface area contributed by atoms with Crippen molar-refractivity contribution in [3.63, 3.8) is 0 Å². The first kappa shape index (κ1) is 12.4. The molecular formula is C17H18O. The summed E-state index contributed by atoms with van der Waals surface area (Å²) in [6.45, 7) is 9.95. The second-order valence-electron chi connectivity index (χ2n) is 4.33. The van der Waals surface area contributed by atoms with Gasteiger partial charge in [0.25, 0.3) is 0 Å². The van der Waals surface area contributed by atoms with E-state index in [4.69, 9.17) is 4.42 Å². The lowest BCUT2D eigenvalue weighted by atomic mass is 9.96. The van der Waals surface area contributed by atoms with Crippen molar-refractivity contribution >= 4 is 12.2 Å². The number of furan rings is 1. The molecule has 0 N–H and O–H groups in total. The molecule has 2 rings (SSSR count). The van der Waals surface area contributed by atoms with Gasteiger partial charge < -0.3 is 4.42 Å². The summed E-state index contributed by atoms with van der Waals surface area (Å²) < 4.78 is 5.79. The van der Waals surface area contributed by atoms with E-state index in [1.54, 1.807) is 6.08 Å². The third kappa shape index (κ3) is 2.04. The topological polar surface area (TPSA) is 13.1 Å². The molecule has 0 atom stereocenters. The van der Waals surface area contributed by atoms with Gasteiger partial charge in [-0.2, -0.15) is 0 Å². The van der Waals surface area contributed by atoms with Crippen molar-refractivity contribution in [3.8, 4) is 11.1 Å². The van der Waals surface area contributed by atoms with E-state index in [-0.39, 0.29) is 0 Å². The zero-order valence-corrected chi connectivity index (χ0v) is 11.2. The Hall–Kier alpha value is -2.02. The fourth-order valence-electron chi connectivity index (χ4n) is 2.26. The van der Waals surface area contributed by atoms with Gasteiger partial charge in [0.2, 0.25) is 0 Å². The Labute approximate surface area is 108 Å². The van der Waals surface area contributed by atoms with Gasteiger partial charge in [0, 0.05) is 11.1 Å². The minimum atomic E-state index is 0.837. The molecule has 1 aromatic heterocycles. The maximum atomic E-state index is 5.79. The summed E-state index contributed by atoms with van der Waals surface area (Å²) in [4.78, 5) is 0. The molecule has 0 amide bonds. The number of benzene rings is 1. The smallest absolute Gasteiger partial charge is 0.134 e. The molecule has 92 valence electrons. The van der Waals surface area contributed by atoms with Crippen LogP contribution in [0.2, 0.25) is 0 Å². The second-order valence-corrected chi connectivity index (χ2v) is 4.33. The van der Waals surface area contributed by atoms with Crippen LogP contribution in [0.25, 0.3) is 23.3 Å². The fourth-order valence-corrected chi connectivity index (χ4v) is 2.26. The molecule has 0 aliphatic carbocycles. The highest BCUT2D eigenvalue weighted by Crippen LogP contribution is 2.35. The lowest BCUT2D eigenvalue weighted by Crippen LogP contribution is -1.85. The summed E-state index contributed by atoms with van der Waals surface area (Å²) in [7, 11) is 0. The van der Waals surface area contributed by atoms with E-state index < -0.39 is 0 Å². The number of hydrogen-bond acceptors (Lipinski definition) is 1. The van der Waals surface area contributed by atoms with Gasteiger partial charge >= 0.3 is 0 Å². The lowest BCUT2D eigenvalue weighted by molar-refractivity contribution is 0.525. The summed E-state index contributed by atoms with van der Waals surface area (Å²) >= 11 is 0. The highest BCUT2D eigenvalue weighted by atomic mass is 16.3. The largest absolute Gasteiger partial charge is 0.461 e. The average molecular weight is 238 g/mol. The highest BCUT2D eigenvalue weighted by Gasteiger charge is 2.16. The first-order chi connectivity index (χ1) is 8.69. The Balaban J connectivity index is 2.74. The van der Waals surface area contributed by atoms with E-state index in [1.165, 1.54) is 16.7 Å². The first-order valence-corrected chi connectivity index (χ1v) is 6.13. The maximum absolute atomic E-state index is 5.79. The summed E-state index contributed by atoms with van der Waals surface area (Å²) in [6, 6.07) is 8.36. The van der Waals surface area contributed by atoms with Gasteiger partial charge in [-0.05, 0) is 38.0 Å². The minimum absolute atomic E-state index is 0.837. The van der Waals surface area contributed by atoms with E-state index in [2.05, 4.69) is 43.8 Å². The summed E-state index contributed by atoms with van der Waals surface area (Å²) in [5.74, 6) is 1.77. The van der Waals surface area contributed by atoms with Gasteiger partial charge in [0.05, 0.1) is 0 Å². The standard InChI is InChI=1S/C17H18O/c1-5-9-15-16(6-2)18-13(4)17(15)14-11-8-7-10-12(14)3/h5-11H,2H2,1,3-4H3/b9-5-. The van der Waals surface area contributed by atoms with Gasteiger partial charge in [0.1, 0.15) is 11.5 Å². The maximum Gasteiger partial charge on any atom is 0.134 e. The van der Waals surface area contributed by atoms with Crippen LogP contribution in [-0.4, -0.2) is 0 Å². The molecule has 1 heterocycles. The third-order valence-electron chi connectivity index (χ3n) is 3.08. The predicted molar refractivity (Wildman–Crippen MR) is 78.4 cm³/mol. The quantitative estimate of drug-likeness (QED) is 0.712. The SMILES string of the molecule is C=Cc1oc(C)c(-c2ccccc2C)c1/C=C\C. The molecule has 0 fully saturated rings. The van der Waals surface area contributed by atoms with Crippen LogP contribution in [0.4, 0.5) is 0 Å². The molecule has 0 bridgehead atoms. The lowest BCUT2D eigenvalue weighted by Gasteiger charge is -2.05. The molecule has 1 heteroatoms. The summed E-state index contributed by atoms with van der Waals surface area (Å²) in [5.41, 5.74) is 4.75. The third-order valence-corrected chi connectivity index (χ3v) is 3.08. The van der Waals surface area contributed by atoms with Gasteiger partial charge in [-0.1, -0.05) is 43.0 Å². The zero-order chi connectivity index (χ0) is 13.1. The van der Waals surface area contributed by atoms with Crippen LogP contribution in [0.5, 0.6) is 0 Å². The van der Waals surface area contributed by atoms with Crippen LogP contribution in [0, 0.1) is 13.8 Å². The Bertz CT molecular complexity index is 600. The number of allylic oxidation sites excluding steroid dienone is 1. The van der Waals surface area contributed by atoms with Gasteiger partial charge in [-0.3, -0.25) is 0 Å². The number of aryl methyl sites for hydroxylation is 2. The van der Waals surface area contributed by atoms with Gasteiger partial charge in [0.15, 0.2) is 0 Å². The zero-order valence-electron chi connectivity index (χ0n) is 11.2. The fraction of sp³-hybridized carbons (Fsp3) is 0.176. The van der Waals surface area contributed by atoms with Crippen molar-refractivity contribution < 1.29 is 4.42 Å². The van der Waals surface area contributed by atoms with E-state index in [9.17, 15) is 0 Å². The van der Waals surface area contributed by atoms with Crippen molar-refractivity contribution in [1.29, 1.82) is 0 Å². The summed E-state index contributed by atoms with van der Waals surface area (Å²) in [5, 5.41) is 0. The molecule has 0 saturated carbocycles. The first-order valence-electron chi connectivity index (χ1n) is 6.13. The average Bonchev–Trinajstić information content (AvgIpc) is 2.67. The molecule has 1 aromatic carbocycles. The van der Waals surface area contributed by atoms with E-state index >= 15 is 0 Å². The van der Waals surface area contributed by atoms with E-state index in [1.807, 2.05) is 19.9 Å². The Morgan fingerprint density at radius 2 is 1.89 bits per heavy atom. The Kier molecular flexibility index (Phi) is 3.52. The van der Waals surface area contributed by atoms with Crippen molar-refractivity contribution in [2.24, 2.45) is 0 Å². The normalized spacial score (nSPS) is 11.1. The van der Waals surface area contributed by atoms with E-state index in [0.717, 1.165) is 17.1 Å². The minimum Gasteiger partial charge on any atom is -0.461 e. The van der Waals surface area contributed by atoms with Crippen LogP contribution in [0.1, 0.15) is 29.6 Å². The van der Waals surface area contributed by atoms with Gasteiger partial charge in [-0.25, -0.2) is 0 Å². The van der Waals surface area contributed by atoms with Crippen molar-refractivity contribution in [2.75, 3.05) is 0 Å². The molecule has 0 aliphatic heterocycles. The summed E-state index contributed by atoms with van der Waals surface area (Å²) in [6.07, 6.45) is 5.87. The molecule has 2 aromatic rings. The predicted octanol–water partition coefficient (Wildman–Crippen LogP) is 5.24. The molecule has 18 heavy (non-hydrogen) atoms. The molecule has 1 nitrogen and oxygen atoms in total. The van der Waals surface area contributed by atoms with Crippen LogP contribution >= 0.6 is 0 Å². The molecule has 0 spiro atoms. The van der Waals surface area contributed by atoms with Crippen molar-refractivity contribution in [3.05, 3.63) is 59.6 Å². The van der Waals surface area contributed by atoms with Gasteiger partial charge in [-0.15, -0.1) is 0 Å². The van der Waals surface area contributed by atoms with E-state index in [0.29, 0.717) is 0 Å². The van der Waals surface area contributed by atoms with Crippen molar-refractivity contribution in [2.45, 2.75) is 20.8 Å². The second kappa shape index (κ2) is 5.09. The Morgan fingerprint density at radius 1 is 1.17 bits per heavy atom. The van der Waals surface area contributed by atoms with Crippen LogP contribution in [0.15, 0.2) is 41.3 Å². The molecule has 0 unspecified atom stereocenters. The van der Waals surface area contributed by atoms with Crippen molar-refractivity contribution in [1.82, 2.24) is 0 Å². The van der Waals surface area contributed by atoms with Crippen LogP contribution in [0.3, 0.4) is 0 Å². The monoisotopic (exact) mass is 238 g/mol. The molecule has 0 saturated heterocycles. The highest BCUT2D eigenvalue weighted by molar-refractivity contribution is 5.82.